The zero-order valence-corrected chi connectivity index (χ0v) is 7.52. The van der Waals surface area contributed by atoms with E-state index in [1.165, 1.54) is 4.52 Å². The second-order valence-corrected chi connectivity index (χ2v) is 2.85. The van der Waals surface area contributed by atoms with Crippen LogP contribution in [0.15, 0.2) is 6.07 Å². The number of aromatic hydroxyl groups is 1. The SMILES string of the molecule is CCc1nc2nc(C)cc(O)n2n1. The summed E-state index contributed by atoms with van der Waals surface area (Å²) >= 11 is 0. The van der Waals surface area contributed by atoms with Gasteiger partial charge in [-0.25, -0.2) is 4.98 Å². The molecule has 0 aliphatic carbocycles. The molecule has 13 heavy (non-hydrogen) atoms. The highest BCUT2D eigenvalue weighted by Gasteiger charge is 2.06. The molecule has 0 amide bonds. The third-order valence-corrected chi connectivity index (χ3v) is 1.78. The van der Waals surface area contributed by atoms with Crippen molar-refractivity contribution in [1.29, 1.82) is 0 Å². The Balaban J connectivity index is 2.75. The predicted molar refractivity (Wildman–Crippen MR) is 46.6 cm³/mol. The maximum Gasteiger partial charge on any atom is 0.255 e. The van der Waals surface area contributed by atoms with Crippen LogP contribution in [0, 0.1) is 6.92 Å². The Hall–Kier alpha value is -1.65. The van der Waals surface area contributed by atoms with Crippen molar-refractivity contribution in [2.24, 2.45) is 0 Å². The van der Waals surface area contributed by atoms with Crippen LogP contribution in [0.4, 0.5) is 0 Å². The molecule has 0 saturated heterocycles. The maximum absolute atomic E-state index is 9.48. The molecule has 0 aliphatic rings. The number of fused-ring (bicyclic) bond motifs is 1. The number of aromatic nitrogens is 4. The highest BCUT2D eigenvalue weighted by molar-refractivity contribution is 5.33. The second kappa shape index (κ2) is 2.69. The van der Waals surface area contributed by atoms with Gasteiger partial charge in [0.1, 0.15) is 0 Å². The van der Waals surface area contributed by atoms with Crippen LogP contribution in [0.1, 0.15) is 18.4 Å². The summed E-state index contributed by atoms with van der Waals surface area (Å²) in [5.74, 6) is 1.22. The normalized spacial score (nSPS) is 10.9. The first-order valence-electron chi connectivity index (χ1n) is 4.13. The molecule has 0 spiro atoms. The fourth-order valence-electron chi connectivity index (χ4n) is 1.16. The molecule has 2 aromatic heterocycles. The van der Waals surface area contributed by atoms with Crippen LogP contribution in [-0.4, -0.2) is 24.7 Å². The Bertz CT molecular complexity index is 449. The van der Waals surface area contributed by atoms with Crippen LogP contribution in [0.5, 0.6) is 5.88 Å². The van der Waals surface area contributed by atoms with Gasteiger partial charge in [-0.05, 0) is 6.92 Å². The van der Waals surface area contributed by atoms with E-state index in [0.717, 1.165) is 12.1 Å². The summed E-state index contributed by atoms with van der Waals surface area (Å²) in [6, 6.07) is 1.56. The zero-order valence-electron chi connectivity index (χ0n) is 7.52. The minimum absolute atomic E-state index is 0.0784. The van der Waals surface area contributed by atoms with Gasteiger partial charge < -0.3 is 5.11 Å². The van der Waals surface area contributed by atoms with E-state index < -0.39 is 0 Å². The Labute approximate surface area is 75.1 Å². The van der Waals surface area contributed by atoms with Crippen molar-refractivity contribution in [2.75, 3.05) is 0 Å². The smallest absolute Gasteiger partial charge is 0.255 e. The van der Waals surface area contributed by atoms with Crippen LogP contribution < -0.4 is 0 Å². The Morgan fingerprint density at radius 3 is 2.92 bits per heavy atom. The highest BCUT2D eigenvalue weighted by atomic mass is 16.3. The summed E-state index contributed by atoms with van der Waals surface area (Å²) < 4.78 is 1.34. The van der Waals surface area contributed by atoms with Crippen LogP contribution in [0.3, 0.4) is 0 Å². The highest BCUT2D eigenvalue weighted by Crippen LogP contribution is 2.11. The fraction of sp³-hybridized carbons (Fsp3) is 0.375. The minimum atomic E-state index is 0.0784. The molecule has 2 rings (SSSR count). The lowest BCUT2D eigenvalue weighted by Crippen LogP contribution is -1.93. The van der Waals surface area contributed by atoms with Crippen molar-refractivity contribution in [2.45, 2.75) is 20.3 Å². The Kier molecular flexibility index (Phi) is 1.65. The molecule has 0 unspecified atom stereocenters. The fourth-order valence-corrected chi connectivity index (χ4v) is 1.16. The van der Waals surface area contributed by atoms with E-state index in [9.17, 15) is 5.11 Å². The van der Waals surface area contributed by atoms with Gasteiger partial charge in [-0.15, -0.1) is 5.10 Å². The molecule has 1 N–H and O–H groups in total. The van der Waals surface area contributed by atoms with Crippen molar-refractivity contribution in [1.82, 2.24) is 19.6 Å². The molecule has 2 heterocycles. The molecule has 0 fully saturated rings. The van der Waals surface area contributed by atoms with E-state index in [2.05, 4.69) is 15.1 Å². The van der Waals surface area contributed by atoms with E-state index in [4.69, 9.17) is 0 Å². The van der Waals surface area contributed by atoms with Crippen LogP contribution in [-0.2, 0) is 6.42 Å². The molecular weight excluding hydrogens is 168 g/mol. The lowest BCUT2D eigenvalue weighted by molar-refractivity contribution is 0.434. The van der Waals surface area contributed by atoms with Gasteiger partial charge in [0.05, 0.1) is 0 Å². The lowest BCUT2D eigenvalue weighted by Gasteiger charge is -1.95. The molecular formula is C8H10N4O. The summed E-state index contributed by atoms with van der Waals surface area (Å²) in [5, 5.41) is 13.5. The molecule has 0 radical (unpaired) electrons. The van der Waals surface area contributed by atoms with E-state index in [0.29, 0.717) is 11.6 Å². The van der Waals surface area contributed by atoms with Gasteiger partial charge in [0.2, 0.25) is 5.88 Å². The first kappa shape index (κ1) is 7.97. The minimum Gasteiger partial charge on any atom is -0.493 e. The maximum atomic E-state index is 9.48. The van der Waals surface area contributed by atoms with E-state index >= 15 is 0 Å². The van der Waals surface area contributed by atoms with Gasteiger partial charge in [0, 0.05) is 18.2 Å². The van der Waals surface area contributed by atoms with Crippen molar-refractivity contribution >= 4 is 5.78 Å². The third kappa shape index (κ3) is 1.22. The van der Waals surface area contributed by atoms with Gasteiger partial charge in [-0.1, -0.05) is 6.92 Å². The molecule has 2 aromatic rings. The molecule has 0 aromatic carbocycles. The second-order valence-electron chi connectivity index (χ2n) is 2.85. The molecule has 68 valence electrons. The molecule has 0 aliphatic heterocycles. The van der Waals surface area contributed by atoms with Crippen LogP contribution >= 0.6 is 0 Å². The van der Waals surface area contributed by atoms with Crippen LogP contribution in [0.2, 0.25) is 0 Å². The summed E-state index contributed by atoms with van der Waals surface area (Å²) in [4.78, 5) is 8.27. The third-order valence-electron chi connectivity index (χ3n) is 1.78. The van der Waals surface area contributed by atoms with Gasteiger partial charge in [-0.3, -0.25) is 0 Å². The largest absolute Gasteiger partial charge is 0.493 e. The molecule has 5 nitrogen and oxygen atoms in total. The van der Waals surface area contributed by atoms with Crippen LogP contribution in [0.25, 0.3) is 5.78 Å². The Morgan fingerprint density at radius 2 is 2.23 bits per heavy atom. The summed E-state index contributed by atoms with van der Waals surface area (Å²) in [7, 11) is 0. The van der Waals surface area contributed by atoms with Gasteiger partial charge in [0.25, 0.3) is 5.78 Å². The van der Waals surface area contributed by atoms with Crippen molar-refractivity contribution in [3.63, 3.8) is 0 Å². The van der Waals surface area contributed by atoms with Gasteiger partial charge >= 0.3 is 0 Å². The summed E-state index contributed by atoms with van der Waals surface area (Å²) in [5.41, 5.74) is 0.736. The average Bonchev–Trinajstić information content (AvgIpc) is 2.47. The number of hydrogen-bond donors (Lipinski definition) is 1. The molecule has 5 heteroatoms. The predicted octanol–water partition coefficient (Wildman–Crippen LogP) is 0.701. The summed E-state index contributed by atoms with van der Waals surface area (Å²) in [6.45, 7) is 3.76. The number of rotatable bonds is 1. The molecule has 0 atom stereocenters. The van der Waals surface area contributed by atoms with E-state index in [1.54, 1.807) is 13.0 Å². The molecule has 0 saturated carbocycles. The van der Waals surface area contributed by atoms with Gasteiger partial charge in [0.15, 0.2) is 5.82 Å². The summed E-state index contributed by atoms with van der Waals surface area (Å²) in [6.07, 6.45) is 0.738. The van der Waals surface area contributed by atoms with Crippen molar-refractivity contribution < 1.29 is 5.11 Å². The van der Waals surface area contributed by atoms with Crippen molar-refractivity contribution in [3.05, 3.63) is 17.6 Å². The first-order valence-corrected chi connectivity index (χ1v) is 4.13. The first-order chi connectivity index (χ1) is 6.20. The average molecular weight is 178 g/mol. The molecule has 0 bridgehead atoms. The van der Waals surface area contributed by atoms with Gasteiger partial charge in [-0.2, -0.15) is 9.50 Å². The van der Waals surface area contributed by atoms with E-state index in [1.807, 2.05) is 6.92 Å². The Morgan fingerprint density at radius 1 is 1.46 bits per heavy atom. The number of nitrogens with zero attached hydrogens (tertiary/aromatic N) is 4. The number of hydrogen-bond acceptors (Lipinski definition) is 4. The van der Waals surface area contributed by atoms with Crippen molar-refractivity contribution in [3.8, 4) is 5.88 Å². The monoisotopic (exact) mass is 178 g/mol. The quantitative estimate of drug-likeness (QED) is 0.698. The number of aryl methyl sites for hydroxylation is 2. The topological polar surface area (TPSA) is 63.3 Å². The standard InChI is InChI=1S/C8H10N4O/c1-3-6-10-8-9-5(2)4-7(13)12(8)11-6/h4,13H,3H2,1-2H3. The zero-order chi connectivity index (χ0) is 9.42. The van der Waals surface area contributed by atoms with E-state index in [-0.39, 0.29) is 5.88 Å². The lowest BCUT2D eigenvalue weighted by atomic mass is 10.4.